The van der Waals surface area contributed by atoms with Crippen molar-refractivity contribution in [2.24, 2.45) is 0 Å². The zero-order chi connectivity index (χ0) is 13.0. The Bertz CT molecular complexity index is 430. The van der Waals surface area contributed by atoms with Gasteiger partial charge >= 0.3 is 0 Å². The predicted octanol–water partition coefficient (Wildman–Crippen LogP) is 1.73. The highest BCUT2D eigenvalue weighted by Gasteiger charge is 2.18. The van der Waals surface area contributed by atoms with Crippen molar-refractivity contribution in [3.63, 3.8) is 0 Å². The van der Waals surface area contributed by atoms with Crippen LogP contribution in [0.2, 0.25) is 0 Å². The van der Waals surface area contributed by atoms with E-state index in [9.17, 15) is 10.1 Å². The molecule has 0 aromatic heterocycles. The molecule has 1 aliphatic heterocycles. The second kappa shape index (κ2) is 5.68. The molecule has 1 saturated heterocycles. The number of ether oxygens (including phenoxy) is 2. The molecule has 0 radical (unpaired) electrons. The number of nitro groups is 1. The van der Waals surface area contributed by atoms with E-state index in [0.717, 1.165) is 25.9 Å². The van der Waals surface area contributed by atoms with Gasteiger partial charge in [0.05, 0.1) is 18.1 Å². The lowest BCUT2D eigenvalue weighted by molar-refractivity contribution is -0.385. The van der Waals surface area contributed by atoms with Crippen LogP contribution in [0.4, 0.5) is 5.69 Å². The lowest BCUT2D eigenvalue weighted by atomic mass is 10.1. The van der Waals surface area contributed by atoms with Crippen LogP contribution in [0.15, 0.2) is 18.2 Å². The molecule has 1 aliphatic rings. The van der Waals surface area contributed by atoms with Gasteiger partial charge in [0, 0.05) is 12.6 Å². The Morgan fingerprint density at radius 2 is 2.28 bits per heavy atom. The summed E-state index contributed by atoms with van der Waals surface area (Å²) in [6.07, 6.45) is 2.14. The van der Waals surface area contributed by atoms with E-state index >= 15 is 0 Å². The average Bonchev–Trinajstić information content (AvgIpc) is 2.40. The molecule has 1 N–H and O–H groups in total. The van der Waals surface area contributed by atoms with Crippen molar-refractivity contribution in [1.29, 1.82) is 0 Å². The fourth-order valence-corrected chi connectivity index (χ4v) is 1.97. The van der Waals surface area contributed by atoms with Crippen LogP contribution >= 0.6 is 0 Å². The third-order valence-electron chi connectivity index (χ3n) is 2.90. The number of rotatable bonds is 4. The summed E-state index contributed by atoms with van der Waals surface area (Å²) in [6, 6.07) is 4.39. The highest BCUT2D eigenvalue weighted by molar-refractivity contribution is 5.48. The summed E-state index contributed by atoms with van der Waals surface area (Å²) in [7, 11) is 1.48. The van der Waals surface area contributed by atoms with Crippen LogP contribution in [0.1, 0.15) is 12.8 Å². The minimum absolute atomic E-state index is 0.000897. The Kier molecular flexibility index (Phi) is 3.99. The van der Waals surface area contributed by atoms with E-state index in [1.807, 2.05) is 0 Å². The van der Waals surface area contributed by atoms with Gasteiger partial charge in [-0.05, 0) is 25.5 Å². The number of non-ortho nitro benzene ring substituents is 1. The lowest BCUT2D eigenvalue weighted by Gasteiger charge is -2.24. The van der Waals surface area contributed by atoms with Crippen molar-refractivity contribution in [3.05, 3.63) is 28.3 Å². The van der Waals surface area contributed by atoms with Gasteiger partial charge in [0.25, 0.3) is 5.69 Å². The summed E-state index contributed by atoms with van der Waals surface area (Å²) < 4.78 is 10.9. The Hall–Kier alpha value is -1.82. The molecule has 1 unspecified atom stereocenters. The van der Waals surface area contributed by atoms with Crippen LogP contribution in [0.3, 0.4) is 0 Å². The maximum absolute atomic E-state index is 10.7. The molecule has 1 atom stereocenters. The minimum atomic E-state index is -0.450. The number of hydrogen-bond donors (Lipinski definition) is 1. The van der Waals surface area contributed by atoms with E-state index < -0.39 is 4.92 Å². The van der Waals surface area contributed by atoms with Gasteiger partial charge in [-0.25, -0.2) is 0 Å². The average molecular weight is 252 g/mol. The van der Waals surface area contributed by atoms with Gasteiger partial charge in [0.15, 0.2) is 11.5 Å². The molecule has 1 fully saturated rings. The van der Waals surface area contributed by atoms with Gasteiger partial charge in [-0.2, -0.15) is 0 Å². The molecule has 0 amide bonds. The first-order chi connectivity index (χ1) is 8.70. The smallest absolute Gasteiger partial charge is 0.273 e. The number of nitro benzene ring substituents is 1. The van der Waals surface area contributed by atoms with Crippen molar-refractivity contribution in [2.75, 3.05) is 20.2 Å². The van der Waals surface area contributed by atoms with Crippen LogP contribution in [0, 0.1) is 10.1 Å². The van der Waals surface area contributed by atoms with Crippen LogP contribution in [0.5, 0.6) is 11.5 Å². The summed E-state index contributed by atoms with van der Waals surface area (Å²) in [5.41, 5.74) is 0.000897. The van der Waals surface area contributed by atoms with Gasteiger partial charge in [-0.1, -0.05) is 0 Å². The lowest BCUT2D eigenvalue weighted by Crippen LogP contribution is -2.37. The van der Waals surface area contributed by atoms with Crippen LogP contribution in [-0.4, -0.2) is 31.2 Å². The molecule has 0 spiro atoms. The van der Waals surface area contributed by atoms with Crippen LogP contribution in [-0.2, 0) is 0 Å². The molecular formula is C12H16N2O4. The molecule has 6 heteroatoms. The van der Waals surface area contributed by atoms with E-state index in [1.54, 1.807) is 6.07 Å². The van der Waals surface area contributed by atoms with Crippen molar-refractivity contribution in [1.82, 2.24) is 5.32 Å². The van der Waals surface area contributed by atoms with Gasteiger partial charge in [-0.15, -0.1) is 0 Å². The molecular weight excluding hydrogens is 236 g/mol. The Balaban J connectivity index is 2.13. The van der Waals surface area contributed by atoms with Crippen molar-refractivity contribution in [2.45, 2.75) is 18.9 Å². The summed E-state index contributed by atoms with van der Waals surface area (Å²) >= 11 is 0. The molecule has 0 bridgehead atoms. The van der Waals surface area contributed by atoms with E-state index in [2.05, 4.69) is 5.32 Å². The predicted molar refractivity (Wildman–Crippen MR) is 66.2 cm³/mol. The van der Waals surface area contributed by atoms with Crippen LogP contribution in [0.25, 0.3) is 0 Å². The number of nitrogens with zero attached hydrogens (tertiary/aromatic N) is 1. The number of methoxy groups -OCH3 is 1. The zero-order valence-corrected chi connectivity index (χ0v) is 10.2. The second-order valence-corrected chi connectivity index (χ2v) is 4.18. The van der Waals surface area contributed by atoms with Crippen LogP contribution < -0.4 is 14.8 Å². The fraction of sp³-hybridized carbons (Fsp3) is 0.500. The first kappa shape index (κ1) is 12.6. The second-order valence-electron chi connectivity index (χ2n) is 4.18. The maximum atomic E-state index is 10.7. The fourth-order valence-electron chi connectivity index (χ4n) is 1.97. The van der Waals surface area contributed by atoms with E-state index in [0.29, 0.717) is 11.5 Å². The van der Waals surface area contributed by atoms with Crippen molar-refractivity contribution >= 4 is 5.69 Å². The normalized spacial score (nSPS) is 19.3. The Morgan fingerprint density at radius 3 is 2.89 bits per heavy atom. The maximum Gasteiger partial charge on any atom is 0.273 e. The highest BCUT2D eigenvalue weighted by atomic mass is 16.6. The molecule has 18 heavy (non-hydrogen) atoms. The molecule has 2 rings (SSSR count). The van der Waals surface area contributed by atoms with E-state index in [1.165, 1.54) is 19.2 Å². The quantitative estimate of drug-likeness (QED) is 0.652. The molecule has 6 nitrogen and oxygen atoms in total. The van der Waals surface area contributed by atoms with Gasteiger partial charge in [0.1, 0.15) is 6.10 Å². The van der Waals surface area contributed by atoms with Crippen molar-refractivity contribution < 1.29 is 14.4 Å². The zero-order valence-electron chi connectivity index (χ0n) is 10.2. The number of benzene rings is 1. The third kappa shape index (κ3) is 2.89. The van der Waals surface area contributed by atoms with Gasteiger partial charge in [-0.3, -0.25) is 10.1 Å². The SMILES string of the molecule is COc1cc([N+](=O)[O-])ccc1OC1CCCNC1. The number of piperidine rings is 1. The molecule has 0 saturated carbocycles. The minimum Gasteiger partial charge on any atom is -0.493 e. The standard InChI is InChI=1S/C12H16N2O4/c1-17-12-7-9(14(15)16)4-5-11(12)18-10-3-2-6-13-8-10/h4-5,7,10,13H,2-3,6,8H2,1H3. The topological polar surface area (TPSA) is 73.6 Å². The van der Waals surface area contributed by atoms with Gasteiger partial charge < -0.3 is 14.8 Å². The monoisotopic (exact) mass is 252 g/mol. The first-order valence-corrected chi connectivity index (χ1v) is 5.90. The molecule has 1 aromatic rings. The number of hydrogen-bond acceptors (Lipinski definition) is 5. The molecule has 1 aromatic carbocycles. The molecule has 1 heterocycles. The molecule has 0 aliphatic carbocycles. The highest BCUT2D eigenvalue weighted by Crippen LogP contribution is 2.32. The third-order valence-corrected chi connectivity index (χ3v) is 2.90. The van der Waals surface area contributed by atoms with Gasteiger partial charge in [0.2, 0.25) is 0 Å². The number of nitrogens with one attached hydrogen (secondary N) is 1. The Labute approximate surface area is 105 Å². The molecule has 98 valence electrons. The largest absolute Gasteiger partial charge is 0.493 e. The Morgan fingerprint density at radius 1 is 1.44 bits per heavy atom. The van der Waals surface area contributed by atoms with E-state index in [4.69, 9.17) is 9.47 Å². The summed E-state index contributed by atoms with van der Waals surface area (Å²) in [5.74, 6) is 0.951. The summed E-state index contributed by atoms with van der Waals surface area (Å²) in [6.45, 7) is 1.80. The van der Waals surface area contributed by atoms with Crippen molar-refractivity contribution in [3.8, 4) is 11.5 Å². The van der Waals surface area contributed by atoms with E-state index in [-0.39, 0.29) is 11.8 Å². The first-order valence-electron chi connectivity index (χ1n) is 5.90. The summed E-state index contributed by atoms with van der Waals surface area (Å²) in [5, 5.41) is 13.9. The summed E-state index contributed by atoms with van der Waals surface area (Å²) in [4.78, 5) is 10.2.